The van der Waals surface area contributed by atoms with E-state index in [9.17, 15) is 9.59 Å². The van der Waals surface area contributed by atoms with E-state index in [1.807, 2.05) is 73.8 Å². The van der Waals surface area contributed by atoms with Gasteiger partial charge >= 0.3 is 0 Å². The van der Waals surface area contributed by atoms with E-state index in [4.69, 9.17) is 21.4 Å². The monoisotopic (exact) mass is 566 g/mol. The van der Waals surface area contributed by atoms with Crippen LogP contribution in [0.1, 0.15) is 29.5 Å². The van der Waals surface area contributed by atoms with Crippen LogP contribution in [-0.2, 0) is 9.59 Å². The Labute approximate surface area is 234 Å². The topological polar surface area (TPSA) is 76.5 Å². The molecular formula is C28H27ClN4O3S2. The molecule has 196 valence electrons. The van der Waals surface area contributed by atoms with E-state index in [-0.39, 0.29) is 35.4 Å². The smallest absolute Gasteiger partial charge is 0.240 e. The molecule has 0 radical (unpaired) electrons. The van der Waals surface area contributed by atoms with Crippen molar-refractivity contribution in [2.75, 3.05) is 24.3 Å². The third-order valence-corrected chi connectivity index (χ3v) is 8.65. The number of ether oxygens (including phenoxy) is 1. The fraction of sp³-hybridized carbons (Fsp3) is 0.250. The molecule has 10 heteroatoms. The average Bonchev–Trinajstić information content (AvgIpc) is 3.54. The molecule has 1 aliphatic rings. The minimum Gasteiger partial charge on any atom is -0.497 e. The van der Waals surface area contributed by atoms with Crippen molar-refractivity contribution in [1.29, 1.82) is 0 Å². The van der Waals surface area contributed by atoms with Crippen LogP contribution in [0, 0.1) is 0 Å². The first kappa shape index (κ1) is 26.3. The van der Waals surface area contributed by atoms with Gasteiger partial charge in [0.2, 0.25) is 11.8 Å². The molecule has 3 heterocycles. The molecule has 2 amide bonds. The number of halogens is 1. The highest BCUT2D eigenvalue weighted by molar-refractivity contribution is 8.00. The van der Waals surface area contributed by atoms with Gasteiger partial charge in [-0.3, -0.25) is 14.5 Å². The summed E-state index contributed by atoms with van der Waals surface area (Å²) in [6.07, 6.45) is 0. The standard InChI is InChI=1S/C28H27ClN4O3S2/c1-17(2)30-23(34)15-32-24(35)16-38-27(22-5-4-14-37-22)25-26(18-6-8-19(29)9-7-18)31-33(28(25)32)20-10-12-21(36-3)13-11-20/h4-14,17,27H,15-16H2,1-3H3,(H,30,34)/t27-/m0/s1. The Hall–Kier alpha value is -3.27. The number of hydrogen-bond acceptors (Lipinski definition) is 6. The van der Waals surface area contributed by atoms with Crippen LogP contribution < -0.4 is 15.0 Å². The molecule has 1 atom stereocenters. The van der Waals surface area contributed by atoms with E-state index in [0.717, 1.165) is 27.4 Å². The zero-order valence-corrected chi connectivity index (χ0v) is 23.6. The van der Waals surface area contributed by atoms with Crippen LogP contribution >= 0.6 is 34.7 Å². The lowest BCUT2D eigenvalue weighted by Crippen LogP contribution is -2.44. The fourth-order valence-corrected chi connectivity index (χ4v) is 6.72. The Balaban J connectivity index is 1.78. The van der Waals surface area contributed by atoms with Gasteiger partial charge in [-0.05, 0) is 61.7 Å². The number of carbonyl (C=O) groups excluding carboxylic acids is 2. The summed E-state index contributed by atoms with van der Waals surface area (Å²) >= 11 is 9.40. The number of aromatic nitrogens is 2. The van der Waals surface area contributed by atoms with Crippen molar-refractivity contribution in [1.82, 2.24) is 15.1 Å². The number of hydrogen-bond donors (Lipinski definition) is 1. The van der Waals surface area contributed by atoms with Gasteiger partial charge in [-0.15, -0.1) is 23.1 Å². The number of methoxy groups -OCH3 is 1. The highest BCUT2D eigenvalue weighted by atomic mass is 35.5. The number of nitrogens with zero attached hydrogens (tertiary/aromatic N) is 3. The highest BCUT2D eigenvalue weighted by Gasteiger charge is 2.38. The molecule has 4 aromatic rings. The third-order valence-electron chi connectivity index (χ3n) is 6.08. The summed E-state index contributed by atoms with van der Waals surface area (Å²) in [4.78, 5) is 29.3. The average molecular weight is 567 g/mol. The number of benzene rings is 2. The van der Waals surface area contributed by atoms with Crippen LogP contribution in [0.25, 0.3) is 16.9 Å². The molecular weight excluding hydrogens is 540 g/mol. The lowest BCUT2D eigenvalue weighted by Gasteiger charge is -2.23. The summed E-state index contributed by atoms with van der Waals surface area (Å²) in [5.41, 5.74) is 3.25. The predicted molar refractivity (Wildman–Crippen MR) is 155 cm³/mol. The molecule has 0 bridgehead atoms. The van der Waals surface area contributed by atoms with Crippen LogP contribution in [0.4, 0.5) is 5.82 Å². The molecule has 5 rings (SSSR count). The summed E-state index contributed by atoms with van der Waals surface area (Å²) < 4.78 is 7.13. The zero-order chi connectivity index (χ0) is 26.8. The largest absolute Gasteiger partial charge is 0.497 e. The summed E-state index contributed by atoms with van der Waals surface area (Å²) in [6, 6.07) is 19.1. The molecule has 0 saturated carbocycles. The van der Waals surface area contributed by atoms with Crippen molar-refractivity contribution >= 4 is 52.3 Å². The Morgan fingerprint density at radius 3 is 2.53 bits per heavy atom. The second-order valence-electron chi connectivity index (χ2n) is 9.11. The second kappa shape index (κ2) is 11.2. The van der Waals surface area contributed by atoms with Crippen molar-refractivity contribution in [3.8, 4) is 22.7 Å². The number of fused-ring (bicyclic) bond motifs is 1. The van der Waals surface area contributed by atoms with Gasteiger partial charge in [0.05, 0.1) is 29.5 Å². The van der Waals surface area contributed by atoms with Crippen LogP contribution in [0.3, 0.4) is 0 Å². The van der Waals surface area contributed by atoms with E-state index >= 15 is 0 Å². The van der Waals surface area contributed by atoms with Crippen molar-refractivity contribution in [3.05, 3.63) is 81.5 Å². The van der Waals surface area contributed by atoms with Gasteiger partial charge in [0.25, 0.3) is 0 Å². The number of thioether (sulfide) groups is 1. The van der Waals surface area contributed by atoms with E-state index < -0.39 is 0 Å². The minimum atomic E-state index is -0.227. The van der Waals surface area contributed by atoms with Gasteiger partial charge in [-0.25, -0.2) is 4.68 Å². The summed E-state index contributed by atoms with van der Waals surface area (Å²) in [5, 5.41) is 10.5. The molecule has 0 spiro atoms. The maximum atomic E-state index is 13.6. The lowest BCUT2D eigenvalue weighted by molar-refractivity contribution is -0.123. The molecule has 38 heavy (non-hydrogen) atoms. The molecule has 1 aliphatic heterocycles. The van der Waals surface area contributed by atoms with E-state index in [0.29, 0.717) is 16.6 Å². The summed E-state index contributed by atoms with van der Waals surface area (Å²) in [6.45, 7) is 3.69. The van der Waals surface area contributed by atoms with Gasteiger partial charge in [0.15, 0.2) is 0 Å². The van der Waals surface area contributed by atoms with Gasteiger partial charge in [-0.1, -0.05) is 29.8 Å². The first-order chi connectivity index (χ1) is 18.4. The number of anilines is 1. The van der Waals surface area contributed by atoms with Crippen LogP contribution in [-0.4, -0.2) is 47.0 Å². The van der Waals surface area contributed by atoms with Gasteiger partial charge < -0.3 is 10.1 Å². The maximum absolute atomic E-state index is 13.6. The van der Waals surface area contributed by atoms with Crippen LogP contribution in [0.5, 0.6) is 5.75 Å². The number of carbonyl (C=O) groups is 2. The Bertz CT molecular complexity index is 1430. The Morgan fingerprint density at radius 1 is 1.16 bits per heavy atom. The number of rotatable bonds is 7. The molecule has 0 aliphatic carbocycles. The molecule has 1 N–H and O–H groups in total. The Kier molecular flexibility index (Phi) is 7.78. The van der Waals surface area contributed by atoms with E-state index in [1.165, 1.54) is 0 Å². The van der Waals surface area contributed by atoms with Gasteiger partial charge in [0.1, 0.15) is 18.1 Å². The predicted octanol–water partition coefficient (Wildman–Crippen LogP) is 5.96. The van der Waals surface area contributed by atoms with Crippen molar-refractivity contribution in [2.45, 2.75) is 25.1 Å². The van der Waals surface area contributed by atoms with Crippen molar-refractivity contribution in [3.63, 3.8) is 0 Å². The number of nitrogens with one attached hydrogen (secondary N) is 1. The normalized spacial score (nSPS) is 15.3. The van der Waals surface area contributed by atoms with Crippen molar-refractivity contribution < 1.29 is 14.3 Å². The van der Waals surface area contributed by atoms with Gasteiger partial charge in [0, 0.05) is 27.1 Å². The summed E-state index contributed by atoms with van der Waals surface area (Å²) in [5.74, 6) is 1.16. The molecule has 0 fully saturated rings. The number of thiophene rings is 1. The van der Waals surface area contributed by atoms with Crippen LogP contribution in [0.2, 0.25) is 5.02 Å². The molecule has 2 aromatic carbocycles. The highest BCUT2D eigenvalue weighted by Crippen LogP contribution is 2.49. The van der Waals surface area contributed by atoms with Crippen LogP contribution in [0.15, 0.2) is 66.0 Å². The third kappa shape index (κ3) is 5.32. The van der Waals surface area contributed by atoms with E-state index in [1.54, 1.807) is 39.8 Å². The Morgan fingerprint density at radius 2 is 1.89 bits per heavy atom. The summed E-state index contributed by atoms with van der Waals surface area (Å²) in [7, 11) is 1.62. The van der Waals surface area contributed by atoms with Gasteiger partial charge in [-0.2, -0.15) is 5.10 Å². The lowest BCUT2D eigenvalue weighted by atomic mass is 10.0. The van der Waals surface area contributed by atoms with Crippen molar-refractivity contribution in [2.24, 2.45) is 0 Å². The minimum absolute atomic E-state index is 0.0478. The molecule has 0 unspecified atom stereocenters. The molecule has 2 aromatic heterocycles. The molecule has 7 nitrogen and oxygen atoms in total. The number of amides is 2. The zero-order valence-electron chi connectivity index (χ0n) is 21.2. The fourth-order valence-electron chi connectivity index (χ4n) is 4.42. The first-order valence-corrected chi connectivity index (χ1v) is 14.4. The van der Waals surface area contributed by atoms with E-state index in [2.05, 4.69) is 11.4 Å². The quantitative estimate of drug-likeness (QED) is 0.299. The maximum Gasteiger partial charge on any atom is 0.240 e. The molecule has 0 saturated heterocycles. The first-order valence-electron chi connectivity index (χ1n) is 12.1. The second-order valence-corrected chi connectivity index (χ2v) is 11.6. The SMILES string of the molecule is COc1ccc(-n2nc(-c3ccc(Cl)cc3)c3c2N(CC(=O)NC(C)C)C(=O)CS[C@H]3c2cccs2)cc1.